The summed E-state index contributed by atoms with van der Waals surface area (Å²) in [4.78, 5) is 37.2. The van der Waals surface area contributed by atoms with Gasteiger partial charge in [0.2, 0.25) is 0 Å². The zero-order chi connectivity index (χ0) is 19.2. The standard InChI is InChI=1S/C15H10N.C8H10O3.Ir/c1-2-7-13(8-3-1)15-14-9-5-4-6-12(14)10-11-16-15;1-5(9)8-6(10)3-2-4-7(8)11;/h1-7,9-11H;8H,2-4H2,1H3;/q-1;;. The van der Waals surface area contributed by atoms with E-state index >= 15 is 0 Å². The summed E-state index contributed by atoms with van der Waals surface area (Å²) in [5.74, 6) is -1.63. The van der Waals surface area contributed by atoms with Crippen molar-refractivity contribution < 1.29 is 34.5 Å². The molecule has 1 radical (unpaired) electrons. The molecule has 145 valence electrons. The fourth-order valence-corrected chi connectivity index (χ4v) is 3.23. The molecule has 0 bridgehead atoms. The summed E-state index contributed by atoms with van der Waals surface area (Å²) < 4.78 is 0. The Morgan fingerprint density at radius 1 is 1.00 bits per heavy atom. The van der Waals surface area contributed by atoms with Gasteiger partial charge in [0, 0.05) is 39.1 Å². The van der Waals surface area contributed by atoms with Crippen LogP contribution in [0.5, 0.6) is 0 Å². The van der Waals surface area contributed by atoms with Crippen molar-refractivity contribution in [3.8, 4) is 11.3 Å². The average Bonchev–Trinajstić information content (AvgIpc) is 2.68. The molecular weight excluding hydrogens is 530 g/mol. The van der Waals surface area contributed by atoms with E-state index < -0.39 is 5.92 Å². The van der Waals surface area contributed by atoms with Crippen LogP contribution < -0.4 is 0 Å². The zero-order valence-corrected chi connectivity index (χ0v) is 17.9. The summed E-state index contributed by atoms with van der Waals surface area (Å²) in [5.41, 5.74) is 2.04. The van der Waals surface area contributed by atoms with Crippen LogP contribution in [0.1, 0.15) is 26.2 Å². The van der Waals surface area contributed by atoms with E-state index in [4.69, 9.17) is 0 Å². The summed E-state index contributed by atoms with van der Waals surface area (Å²) in [6.07, 6.45) is 3.23. The van der Waals surface area contributed by atoms with Crippen LogP contribution in [0, 0.1) is 12.0 Å². The van der Waals surface area contributed by atoms with Gasteiger partial charge in [-0.3, -0.25) is 14.4 Å². The van der Waals surface area contributed by atoms with Gasteiger partial charge >= 0.3 is 0 Å². The minimum atomic E-state index is -0.927. The van der Waals surface area contributed by atoms with Crippen LogP contribution in [0.3, 0.4) is 0 Å². The maximum Gasteiger partial charge on any atom is 0.150 e. The molecule has 4 rings (SSSR count). The van der Waals surface area contributed by atoms with Gasteiger partial charge in [-0.15, -0.1) is 35.9 Å². The number of aromatic nitrogens is 1. The Morgan fingerprint density at radius 2 is 1.68 bits per heavy atom. The van der Waals surface area contributed by atoms with Crippen LogP contribution in [0.2, 0.25) is 0 Å². The number of fused-ring (bicyclic) bond motifs is 1. The Kier molecular flexibility index (Phi) is 7.91. The quantitative estimate of drug-likeness (QED) is 0.354. The maximum absolute atomic E-state index is 11.0. The van der Waals surface area contributed by atoms with E-state index in [2.05, 4.69) is 23.2 Å². The largest absolute Gasteiger partial charge is 0.304 e. The summed E-state index contributed by atoms with van der Waals surface area (Å²) in [7, 11) is 0. The van der Waals surface area contributed by atoms with Crippen LogP contribution in [0.4, 0.5) is 0 Å². The van der Waals surface area contributed by atoms with Gasteiger partial charge in [-0.25, -0.2) is 0 Å². The van der Waals surface area contributed by atoms with E-state index in [9.17, 15) is 14.4 Å². The Labute approximate surface area is 177 Å². The Hall–Kier alpha value is -2.49. The molecule has 3 aromatic rings. The molecule has 0 unspecified atom stereocenters. The van der Waals surface area contributed by atoms with Gasteiger partial charge in [0.15, 0.2) is 11.6 Å². The predicted molar refractivity (Wildman–Crippen MR) is 104 cm³/mol. The second-order valence-electron chi connectivity index (χ2n) is 6.49. The van der Waals surface area contributed by atoms with Gasteiger partial charge in [0.25, 0.3) is 0 Å². The second kappa shape index (κ2) is 10.2. The topological polar surface area (TPSA) is 64.1 Å². The molecule has 0 aliphatic heterocycles. The normalized spacial score (nSPS) is 14.0. The van der Waals surface area contributed by atoms with E-state index in [0.717, 1.165) is 11.3 Å². The number of carbonyl (C=O) groups excluding carboxylic acids is 3. The monoisotopic (exact) mass is 551 g/mol. The van der Waals surface area contributed by atoms with Crippen molar-refractivity contribution in [3.05, 3.63) is 66.9 Å². The molecule has 1 heterocycles. The number of carbonyl (C=O) groups is 3. The molecule has 2 aromatic carbocycles. The van der Waals surface area contributed by atoms with Crippen LogP contribution in [0.25, 0.3) is 22.0 Å². The fourth-order valence-electron chi connectivity index (χ4n) is 3.23. The molecule has 28 heavy (non-hydrogen) atoms. The molecule has 5 heteroatoms. The van der Waals surface area contributed by atoms with Gasteiger partial charge in [0.1, 0.15) is 11.7 Å². The zero-order valence-electron chi connectivity index (χ0n) is 15.5. The molecule has 1 aromatic heterocycles. The first-order chi connectivity index (χ1) is 13.1. The number of ketones is 3. The number of rotatable bonds is 2. The third-order valence-corrected chi connectivity index (χ3v) is 4.53. The molecule has 1 saturated carbocycles. The smallest absolute Gasteiger partial charge is 0.150 e. The van der Waals surface area contributed by atoms with E-state index in [1.54, 1.807) is 0 Å². The van der Waals surface area contributed by atoms with Crippen LogP contribution >= 0.6 is 0 Å². The average molecular weight is 551 g/mol. The Balaban J connectivity index is 0.000000208. The first-order valence-electron chi connectivity index (χ1n) is 8.94. The molecule has 0 saturated heterocycles. The number of pyridine rings is 1. The molecule has 1 fully saturated rings. The molecule has 0 N–H and O–H groups in total. The summed E-state index contributed by atoms with van der Waals surface area (Å²) in [6, 6.07) is 21.4. The van der Waals surface area contributed by atoms with Crippen molar-refractivity contribution in [1.82, 2.24) is 4.98 Å². The minimum absolute atomic E-state index is 0. The Morgan fingerprint density at radius 3 is 2.29 bits per heavy atom. The fraction of sp³-hybridized carbons (Fsp3) is 0.217. The summed E-state index contributed by atoms with van der Waals surface area (Å²) >= 11 is 0. The molecule has 1 aliphatic carbocycles. The van der Waals surface area contributed by atoms with Crippen molar-refractivity contribution >= 4 is 28.1 Å². The van der Waals surface area contributed by atoms with E-state index in [0.29, 0.717) is 19.3 Å². The molecule has 1 aliphatic rings. The van der Waals surface area contributed by atoms with Gasteiger partial charge in [-0.1, -0.05) is 24.3 Å². The van der Waals surface area contributed by atoms with E-state index in [1.807, 2.05) is 48.7 Å². The molecular formula is C23H20IrNO3-. The van der Waals surface area contributed by atoms with Crippen LogP contribution in [-0.2, 0) is 34.5 Å². The SMILES string of the molecule is CC(=O)C1C(=O)CCCC1=O.[Ir].[c-]1ccccc1-c1nccc2ccccc12. The third kappa shape index (κ3) is 5.06. The minimum Gasteiger partial charge on any atom is -0.304 e. The predicted octanol–water partition coefficient (Wildman–Crippen LogP) is 4.21. The third-order valence-electron chi connectivity index (χ3n) is 4.53. The van der Waals surface area contributed by atoms with Gasteiger partial charge in [-0.05, 0) is 35.9 Å². The van der Waals surface area contributed by atoms with Crippen molar-refractivity contribution in [2.75, 3.05) is 0 Å². The molecule has 0 spiro atoms. The summed E-state index contributed by atoms with van der Waals surface area (Å²) in [5, 5.41) is 2.39. The first-order valence-corrected chi connectivity index (χ1v) is 8.94. The van der Waals surface area contributed by atoms with Crippen LogP contribution in [-0.4, -0.2) is 22.3 Å². The van der Waals surface area contributed by atoms with Gasteiger partial charge in [0.05, 0.1) is 0 Å². The maximum atomic E-state index is 11.0. The molecule has 0 amide bonds. The van der Waals surface area contributed by atoms with Crippen molar-refractivity contribution in [1.29, 1.82) is 0 Å². The number of Topliss-reactive ketones (excluding diaryl/α,β-unsaturated/α-hetero) is 3. The van der Waals surface area contributed by atoms with E-state index in [-0.39, 0.29) is 37.5 Å². The Bertz CT molecular complexity index is 964. The van der Waals surface area contributed by atoms with Crippen molar-refractivity contribution in [2.24, 2.45) is 5.92 Å². The molecule has 4 nitrogen and oxygen atoms in total. The number of nitrogens with zero attached hydrogens (tertiary/aromatic N) is 1. The number of benzene rings is 2. The van der Waals surface area contributed by atoms with E-state index in [1.165, 1.54) is 17.7 Å². The second-order valence-corrected chi connectivity index (χ2v) is 6.49. The van der Waals surface area contributed by atoms with Crippen molar-refractivity contribution in [2.45, 2.75) is 26.2 Å². The van der Waals surface area contributed by atoms with Gasteiger partial charge in [-0.2, -0.15) is 0 Å². The van der Waals surface area contributed by atoms with Crippen molar-refractivity contribution in [3.63, 3.8) is 0 Å². The van der Waals surface area contributed by atoms with Gasteiger partial charge < -0.3 is 4.98 Å². The molecule has 0 atom stereocenters. The first kappa shape index (κ1) is 21.8. The number of hydrogen-bond acceptors (Lipinski definition) is 4. The number of hydrogen-bond donors (Lipinski definition) is 0. The van der Waals surface area contributed by atoms with Crippen LogP contribution in [0.15, 0.2) is 60.8 Å². The summed E-state index contributed by atoms with van der Waals surface area (Å²) in [6.45, 7) is 1.30.